The van der Waals surface area contributed by atoms with Gasteiger partial charge >= 0.3 is 0 Å². The van der Waals surface area contributed by atoms with Crippen molar-refractivity contribution in [3.05, 3.63) is 51.2 Å². The average molecular weight is 313 g/mol. The smallest absolute Gasteiger partial charge is 0.265 e. The maximum absolute atomic E-state index is 12.4. The van der Waals surface area contributed by atoms with Gasteiger partial charge < -0.3 is 5.32 Å². The van der Waals surface area contributed by atoms with E-state index in [1.807, 2.05) is 6.07 Å². The van der Waals surface area contributed by atoms with Crippen LogP contribution in [0.25, 0.3) is 0 Å². The summed E-state index contributed by atoms with van der Waals surface area (Å²) in [4.78, 5) is 25.8. The van der Waals surface area contributed by atoms with Crippen LogP contribution in [-0.2, 0) is 12.8 Å². The zero-order valence-corrected chi connectivity index (χ0v) is 13.5. The van der Waals surface area contributed by atoms with Crippen LogP contribution in [-0.4, -0.2) is 11.7 Å². The van der Waals surface area contributed by atoms with Gasteiger partial charge in [-0.2, -0.15) is 0 Å². The summed E-state index contributed by atoms with van der Waals surface area (Å²) in [6.07, 6.45) is 5.91. The highest BCUT2D eigenvalue weighted by Gasteiger charge is 2.16. The number of hydrogen-bond donors (Lipinski definition) is 1. The van der Waals surface area contributed by atoms with Gasteiger partial charge in [-0.15, -0.1) is 11.3 Å². The molecule has 1 N–H and O–H groups in total. The minimum Gasteiger partial charge on any atom is -0.321 e. The molecule has 4 heteroatoms. The molecule has 22 heavy (non-hydrogen) atoms. The fraction of sp³-hybridized carbons (Fsp3) is 0.333. The Balaban J connectivity index is 1.73. The Morgan fingerprint density at radius 1 is 1.05 bits per heavy atom. The molecule has 3 rings (SSSR count). The second kappa shape index (κ2) is 6.44. The van der Waals surface area contributed by atoms with Gasteiger partial charge in [0.25, 0.3) is 5.91 Å². The summed E-state index contributed by atoms with van der Waals surface area (Å²) in [5, 5.41) is 2.91. The summed E-state index contributed by atoms with van der Waals surface area (Å²) < 4.78 is 0. The van der Waals surface area contributed by atoms with E-state index < -0.39 is 0 Å². The Kier molecular flexibility index (Phi) is 4.39. The standard InChI is InChI=1S/C18H19NO2S/c1-12(20)13-7-9-15(10-8-13)19-18(21)17-11-14-5-3-2-4-6-16(14)22-17/h7-11H,2-6H2,1H3,(H,19,21). The molecular formula is C18H19NO2S. The van der Waals surface area contributed by atoms with E-state index >= 15 is 0 Å². The predicted octanol–water partition coefficient (Wildman–Crippen LogP) is 4.47. The van der Waals surface area contributed by atoms with E-state index in [0.29, 0.717) is 5.56 Å². The molecule has 0 saturated carbocycles. The number of aryl methyl sites for hydroxylation is 2. The van der Waals surface area contributed by atoms with Gasteiger partial charge in [0.1, 0.15) is 0 Å². The fourth-order valence-corrected chi connectivity index (χ4v) is 3.91. The molecule has 1 aliphatic carbocycles. The first-order valence-electron chi connectivity index (χ1n) is 7.67. The first kappa shape index (κ1) is 15.0. The molecule has 3 nitrogen and oxygen atoms in total. The number of anilines is 1. The van der Waals surface area contributed by atoms with Gasteiger partial charge in [0.15, 0.2) is 5.78 Å². The topological polar surface area (TPSA) is 46.2 Å². The van der Waals surface area contributed by atoms with Gasteiger partial charge in [0.2, 0.25) is 0 Å². The molecule has 0 bridgehead atoms. The molecule has 1 aromatic heterocycles. The van der Waals surface area contributed by atoms with Gasteiger partial charge in [0.05, 0.1) is 4.88 Å². The highest BCUT2D eigenvalue weighted by Crippen LogP contribution is 2.29. The highest BCUT2D eigenvalue weighted by atomic mass is 32.1. The van der Waals surface area contributed by atoms with Crippen molar-refractivity contribution in [2.24, 2.45) is 0 Å². The summed E-state index contributed by atoms with van der Waals surface area (Å²) in [7, 11) is 0. The van der Waals surface area contributed by atoms with Crippen LogP contribution >= 0.6 is 11.3 Å². The summed E-state index contributed by atoms with van der Waals surface area (Å²) >= 11 is 1.62. The number of carbonyl (C=O) groups is 2. The van der Waals surface area contributed by atoms with Crippen molar-refractivity contribution in [3.8, 4) is 0 Å². The number of hydrogen-bond acceptors (Lipinski definition) is 3. The van der Waals surface area contributed by atoms with Crippen LogP contribution in [0.15, 0.2) is 30.3 Å². The van der Waals surface area contributed by atoms with Crippen molar-refractivity contribution in [2.75, 3.05) is 5.32 Å². The third kappa shape index (κ3) is 3.28. The molecule has 1 aliphatic rings. The fourth-order valence-electron chi connectivity index (χ4n) is 2.76. The first-order valence-corrected chi connectivity index (χ1v) is 8.49. The summed E-state index contributed by atoms with van der Waals surface area (Å²) in [6.45, 7) is 1.53. The number of benzene rings is 1. The van der Waals surface area contributed by atoms with E-state index in [1.54, 1.807) is 35.6 Å². The van der Waals surface area contributed by atoms with Crippen molar-refractivity contribution in [3.63, 3.8) is 0 Å². The van der Waals surface area contributed by atoms with Gasteiger partial charge in [0, 0.05) is 16.1 Å². The van der Waals surface area contributed by atoms with E-state index in [4.69, 9.17) is 0 Å². The number of nitrogens with one attached hydrogen (secondary N) is 1. The van der Waals surface area contributed by atoms with Crippen molar-refractivity contribution >= 4 is 28.7 Å². The van der Waals surface area contributed by atoms with Crippen LogP contribution in [0.2, 0.25) is 0 Å². The molecule has 0 atom stereocenters. The number of amides is 1. The molecule has 0 saturated heterocycles. The van der Waals surface area contributed by atoms with Gasteiger partial charge in [-0.05, 0) is 68.5 Å². The van der Waals surface area contributed by atoms with Crippen LogP contribution in [0.3, 0.4) is 0 Å². The summed E-state index contributed by atoms with van der Waals surface area (Å²) in [6, 6.07) is 9.06. The molecule has 1 heterocycles. The summed E-state index contributed by atoms with van der Waals surface area (Å²) in [5.41, 5.74) is 2.72. The molecule has 0 spiro atoms. The predicted molar refractivity (Wildman–Crippen MR) is 90.0 cm³/mol. The Morgan fingerprint density at radius 3 is 2.50 bits per heavy atom. The van der Waals surface area contributed by atoms with E-state index in [0.717, 1.165) is 23.4 Å². The number of fused-ring (bicyclic) bond motifs is 1. The number of ketones is 1. The second-order valence-electron chi connectivity index (χ2n) is 5.71. The first-order chi connectivity index (χ1) is 10.6. The highest BCUT2D eigenvalue weighted by molar-refractivity contribution is 7.14. The zero-order valence-electron chi connectivity index (χ0n) is 12.6. The number of rotatable bonds is 3. The Hall–Kier alpha value is -1.94. The van der Waals surface area contributed by atoms with Gasteiger partial charge in [-0.3, -0.25) is 9.59 Å². The zero-order chi connectivity index (χ0) is 15.5. The Morgan fingerprint density at radius 2 is 1.77 bits per heavy atom. The Labute approximate surface area is 134 Å². The van der Waals surface area contributed by atoms with Crippen LogP contribution in [0, 0.1) is 0 Å². The van der Waals surface area contributed by atoms with E-state index in [1.165, 1.54) is 36.6 Å². The van der Waals surface area contributed by atoms with Crippen LogP contribution in [0.5, 0.6) is 0 Å². The van der Waals surface area contributed by atoms with Crippen molar-refractivity contribution < 1.29 is 9.59 Å². The molecule has 0 aliphatic heterocycles. The van der Waals surface area contributed by atoms with Crippen LogP contribution < -0.4 is 5.32 Å². The molecule has 2 aromatic rings. The third-order valence-electron chi connectivity index (χ3n) is 4.02. The lowest BCUT2D eigenvalue weighted by Crippen LogP contribution is -2.10. The Bertz CT molecular complexity index is 677. The van der Waals surface area contributed by atoms with Gasteiger partial charge in [-0.1, -0.05) is 6.42 Å². The second-order valence-corrected chi connectivity index (χ2v) is 6.84. The van der Waals surface area contributed by atoms with E-state index in [2.05, 4.69) is 5.32 Å². The normalized spacial score (nSPS) is 14.0. The van der Waals surface area contributed by atoms with E-state index in [-0.39, 0.29) is 11.7 Å². The monoisotopic (exact) mass is 313 g/mol. The van der Waals surface area contributed by atoms with Crippen LogP contribution in [0.4, 0.5) is 5.69 Å². The minimum atomic E-state index is -0.0614. The lowest BCUT2D eigenvalue weighted by atomic mass is 10.1. The SMILES string of the molecule is CC(=O)c1ccc(NC(=O)c2cc3c(s2)CCCCC3)cc1. The van der Waals surface area contributed by atoms with Crippen molar-refractivity contribution in [1.82, 2.24) is 0 Å². The number of carbonyl (C=O) groups excluding carboxylic acids is 2. The lowest BCUT2D eigenvalue weighted by Gasteiger charge is -2.04. The summed E-state index contributed by atoms with van der Waals surface area (Å²) in [5.74, 6) is -0.0338. The minimum absolute atomic E-state index is 0.0277. The number of thiophene rings is 1. The molecule has 114 valence electrons. The quantitative estimate of drug-likeness (QED) is 0.671. The largest absolute Gasteiger partial charge is 0.321 e. The molecule has 0 fully saturated rings. The molecule has 1 aromatic carbocycles. The average Bonchev–Trinajstić information content (AvgIpc) is 2.79. The molecular weight excluding hydrogens is 294 g/mol. The van der Waals surface area contributed by atoms with Crippen LogP contribution in [0.1, 0.15) is 56.7 Å². The maximum Gasteiger partial charge on any atom is 0.265 e. The van der Waals surface area contributed by atoms with Gasteiger partial charge in [-0.25, -0.2) is 0 Å². The van der Waals surface area contributed by atoms with E-state index in [9.17, 15) is 9.59 Å². The molecule has 0 unspecified atom stereocenters. The molecule has 1 amide bonds. The van der Waals surface area contributed by atoms with Crippen molar-refractivity contribution in [2.45, 2.75) is 39.0 Å². The molecule has 0 radical (unpaired) electrons. The lowest BCUT2D eigenvalue weighted by molar-refractivity contribution is 0.101. The third-order valence-corrected chi connectivity index (χ3v) is 5.26. The van der Waals surface area contributed by atoms with Crippen molar-refractivity contribution in [1.29, 1.82) is 0 Å². The maximum atomic E-state index is 12.4. The number of Topliss-reactive ketones (excluding diaryl/α,β-unsaturated/α-hetero) is 1.